The zero-order valence-corrected chi connectivity index (χ0v) is 11.0. The van der Waals surface area contributed by atoms with E-state index >= 15 is 0 Å². The highest BCUT2D eigenvalue weighted by molar-refractivity contribution is 5.44. The van der Waals surface area contributed by atoms with Gasteiger partial charge in [0.1, 0.15) is 0 Å². The Bertz CT molecular complexity index is 387. The maximum absolute atomic E-state index is 5.73. The zero-order chi connectivity index (χ0) is 13.0. The summed E-state index contributed by atoms with van der Waals surface area (Å²) in [5.74, 6) is 1.96. The number of hydrogen-bond donors (Lipinski definition) is 1. The third-order valence-electron chi connectivity index (χ3n) is 3.51. The molecule has 0 radical (unpaired) electrons. The maximum Gasteiger partial charge on any atom is 0.160 e. The molecule has 100 valence electrons. The van der Waals surface area contributed by atoms with Crippen molar-refractivity contribution < 1.29 is 14.2 Å². The minimum Gasteiger partial charge on any atom is -0.493 e. The van der Waals surface area contributed by atoms with Crippen molar-refractivity contribution in [3.05, 3.63) is 23.8 Å². The Labute approximate surface area is 108 Å². The summed E-state index contributed by atoms with van der Waals surface area (Å²) >= 11 is 0. The molecule has 0 amide bonds. The van der Waals surface area contributed by atoms with Crippen molar-refractivity contribution >= 4 is 0 Å². The van der Waals surface area contributed by atoms with Crippen LogP contribution in [0.4, 0.5) is 0 Å². The molecule has 2 atom stereocenters. The van der Waals surface area contributed by atoms with Gasteiger partial charge in [-0.25, -0.2) is 0 Å². The number of hydrogen-bond acceptors (Lipinski definition) is 4. The van der Waals surface area contributed by atoms with Crippen molar-refractivity contribution in [2.45, 2.75) is 24.9 Å². The number of nitrogens with two attached hydrogens (primary N) is 1. The summed E-state index contributed by atoms with van der Waals surface area (Å²) in [6.45, 7) is 1.34. The first kappa shape index (κ1) is 13.2. The molecule has 0 unspecified atom stereocenters. The van der Waals surface area contributed by atoms with Crippen LogP contribution >= 0.6 is 0 Å². The molecule has 2 N–H and O–H groups in total. The lowest BCUT2D eigenvalue weighted by molar-refractivity contribution is 0.00952. The topological polar surface area (TPSA) is 53.7 Å². The fourth-order valence-corrected chi connectivity index (χ4v) is 2.36. The molecule has 1 saturated heterocycles. The molecule has 1 heterocycles. The quantitative estimate of drug-likeness (QED) is 0.888. The Morgan fingerprint density at radius 2 is 2.00 bits per heavy atom. The Hall–Kier alpha value is -1.26. The molecule has 0 bridgehead atoms. The maximum atomic E-state index is 5.73. The average molecular weight is 251 g/mol. The van der Waals surface area contributed by atoms with E-state index in [9.17, 15) is 0 Å². The van der Waals surface area contributed by atoms with Gasteiger partial charge >= 0.3 is 0 Å². The van der Waals surface area contributed by atoms with Crippen LogP contribution in [0.5, 0.6) is 11.5 Å². The number of methoxy groups -OCH3 is 2. The molecule has 1 aromatic rings. The summed E-state index contributed by atoms with van der Waals surface area (Å²) in [6.07, 6.45) is 2.36. The van der Waals surface area contributed by atoms with E-state index in [0.29, 0.717) is 12.5 Å². The Balaban J connectivity index is 2.09. The van der Waals surface area contributed by atoms with E-state index in [1.54, 1.807) is 14.2 Å². The van der Waals surface area contributed by atoms with Gasteiger partial charge in [0.2, 0.25) is 0 Å². The highest BCUT2D eigenvalue weighted by atomic mass is 16.5. The van der Waals surface area contributed by atoms with Gasteiger partial charge in [0, 0.05) is 12.5 Å². The van der Waals surface area contributed by atoms with Crippen LogP contribution in [-0.4, -0.2) is 33.5 Å². The zero-order valence-electron chi connectivity index (χ0n) is 11.0. The van der Waals surface area contributed by atoms with Crippen LogP contribution in [0.2, 0.25) is 0 Å². The van der Waals surface area contributed by atoms with E-state index in [1.165, 1.54) is 5.56 Å². The smallest absolute Gasteiger partial charge is 0.160 e. The Kier molecular flexibility index (Phi) is 4.44. The number of ether oxygens (including phenoxy) is 3. The van der Waals surface area contributed by atoms with Gasteiger partial charge < -0.3 is 19.9 Å². The third kappa shape index (κ3) is 2.76. The van der Waals surface area contributed by atoms with E-state index in [-0.39, 0.29) is 6.10 Å². The van der Waals surface area contributed by atoms with Crippen LogP contribution in [-0.2, 0) is 4.74 Å². The molecule has 1 aromatic carbocycles. The largest absolute Gasteiger partial charge is 0.493 e. The molecule has 1 aliphatic heterocycles. The summed E-state index contributed by atoms with van der Waals surface area (Å²) < 4.78 is 16.3. The second-order valence-corrected chi connectivity index (χ2v) is 4.58. The highest BCUT2D eigenvalue weighted by Gasteiger charge is 2.22. The SMILES string of the molecule is COc1ccc([C@H]2CC[C@@H](CN)OC2)cc1OC. The first-order valence-corrected chi connectivity index (χ1v) is 6.32. The molecule has 1 fully saturated rings. The van der Waals surface area contributed by atoms with E-state index in [1.807, 2.05) is 12.1 Å². The van der Waals surface area contributed by atoms with E-state index in [2.05, 4.69) is 6.07 Å². The van der Waals surface area contributed by atoms with Crippen LogP contribution in [0.3, 0.4) is 0 Å². The van der Waals surface area contributed by atoms with E-state index in [4.69, 9.17) is 19.9 Å². The highest BCUT2D eigenvalue weighted by Crippen LogP contribution is 2.34. The predicted octanol–water partition coefficient (Wildman–Crippen LogP) is 1.93. The number of rotatable bonds is 4. The van der Waals surface area contributed by atoms with Gasteiger partial charge in [0.25, 0.3) is 0 Å². The summed E-state index contributed by atoms with van der Waals surface area (Å²) in [6, 6.07) is 6.07. The summed E-state index contributed by atoms with van der Waals surface area (Å²) in [4.78, 5) is 0. The summed E-state index contributed by atoms with van der Waals surface area (Å²) in [5.41, 5.74) is 6.85. The summed E-state index contributed by atoms with van der Waals surface area (Å²) in [7, 11) is 3.30. The lowest BCUT2D eigenvalue weighted by Crippen LogP contribution is -2.30. The number of benzene rings is 1. The Morgan fingerprint density at radius 1 is 1.22 bits per heavy atom. The first-order chi connectivity index (χ1) is 8.78. The third-order valence-corrected chi connectivity index (χ3v) is 3.51. The molecular weight excluding hydrogens is 230 g/mol. The van der Waals surface area contributed by atoms with Crippen LogP contribution in [0.1, 0.15) is 24.3 Å². The van der Waals surface area contributed by atoms with Crippen molar-refractivity contribution in [2.75, 3.05) is 27.4 Å². The molecular formula is C14H21NO3. The Morgan fingerprint density at radius 3 is 2.56 bits per heavy atom. The average Bonchev–Trinajstić information content (AvgIpc) is 2.46. The van der Waals surface area contributed by atoms with E-state index in [0.717, 1.165) is 30.9 Å². The molecule has 18 heavy (non-hydrogen) atoms. The van der Waals surface area contributed by atoms with E-state index < -0.39 is 0 Å². The lowest BCUT2D eigenvalue weighted by atomic mass is 9.91. The molecule has 0 spiro atoms. The molecule has 4 nitrogen and oxygen atoms in total. The molecule has 0 saturated carbocycles. The normalized spacial score (nSPS) is 23.7. The minimum absolute atomic E-state index is 0.224. The standard InChI is InChI=1S/C14H21NO3/c1-16-13-6-4-10(7-14(13)17-2)11-3-5-12(8-15)18-9-11/h4,6-7,11-12H,3,5,8-9,15H2,1-2H3/t11-,12-/m0/s1. The predicted molar refractivity (Wildman–Crippen MR) is 70.3 cm³/mol. The molecule has 1 aliphatic rings. The van der Waals surface area contributed by atoms with Crippen LogP contribution < -0.4 is 15.2 Å². The summed E-state index contributed by atoms with van der Waals surface area (Å²) in [5, 5.41) is 0. The molecule has 4 heteroatoms. The fraction of sp³-hybridized carbons (Fsp3) is 0.571. The second-order valence-electron chi connectivity index (χ2n) is 4.58. The first-order valence-electron chi connectivity index (χ1n) is 6.32. The van der Waals surface area contributed by atoms with Gasteiger partial charge in [0.05, 0.1) is 26.9 Å². The molecule has 0 aromatic heterocycles. The van der Waals surface area contributed by atoms with Gasteiger partial charge in [-0.3, -0.25) is 0 Å². The van der Waals surface area contributed by atoms with Crippen molar-refractivity contribution in [3.63, 3.8) is 0 Å². The molecule has 2 rings (SSSR count). The van der Waals surface area contributed by atoms with Crippen LogP contribution in [0.15, 0.2) is 18.2 Å². The van der Waals surface area contributed by atoms with Gasteiger partial charge in [-0.05, 0) is 30.5 Å². The van der Waals surface area contributed by atoms with Gasteiger partial charge in [-0.15, -0.1) is 0 Å². The van der Waals surface area contributed by atoms with Gasteiger partial charge in [0.15, 0.2) is 11.5 Å². The van der Waals surface area contributed by atoms with Gasteiger partial charge in [-0.2, -0.15) is 0 Å². The second kappa shape index (κ2) is 6.07. The van der Waals surface area contributed by atoms with Crippen molar-refractivity contribution in [1.29, 1.82) is 0 Å². The van der Waals surface area contributed by atoms with Crippen molar-refractivity contribution in [1.82, 2.24) is 0 Å². The van der Waals surface area contributed by atoms with Crippen molar-refractivity contribution in [3.8, 4) is 11.5 Å². The van der Waals surface area contributed by atoms with Crippen LogP contribution in [0.25, 0.3) is 0 Å². The fourth-order valence-electron chi connectivity index (χ4n) is 2.36. The van der Waals surface area contributed by atoms with Crippen LogP contribution in [0, 0.1) is 0 Å². The lowest BCUT2D eigenvalue weighted by Gasteiger charge is -2.28. The minimum atomic E-state index is 0.224. The molecule has 0 aliphatic carbocycles. The van der Waals surface area contributed by atoms with Crippen molar-refractivity contribution in [2.24, 2.45) is 5.73 Å². The van der Waals surface area contributed by atoms with Gasteiger partial charge in [-0.1, -0.05) is 6.07 Å². The monoisotopic (exact) mass is 251 g/mol.